The molecule has 0 aliphatic rings. The molecule has 0 saturated heterocycles. The van der Waals surface area contributed by atoms with Crippen molar-refractivity contribution in [1.29, 1.82) is 0 Å². The Bertz CT molecular complexity index is 302. The third kappa shape index (κ3) is 2.96. The predicted octanol–water partition coefficient (Wildman–Crippen LogP) is -1.10. The number of tetrazole rings is 1. The summed E-state index contributed by atoms with van der Waals surface area (Å²) in [5.74, 6) is -0.112. The Morgan fingerprint density at radius 2 is 2.50 bits per heavy atom. The number of thioether (sulfide) groups is 1. The molecule has 0 aliphatic carbocycles. The Morgan fingerprint density at radius 3 is 3.14 bits per heavy atom. The van der Waals surface area contributed by atoms with Gasteiger partial charge < -0.3 is 10.5 Å². The summed E-state index contributed by atoms with van der Waals surface area (Å²) in [7, 11) is 1.34. The van der Waals surface area contributed by atoms with Crippen LogP contribution in [0.1, 0.15) is 0 Å². The molecule has 0 saturated carbocycles. The third-order valence-corrected chi connectivity index (χ3v) is 2.32. The van der Waals surface area contributed by atoms with Gasteiger partial charge in [0.25, 0.3) is 0 Å². The fraction of sp³-hybridized carbons (Fsp3) is 0.667. The van der Waals surface area contributed by atoms with Crippen LogP contribution >= 0.6 is 11.8 Å². The molecule has 1 rings (SSSR count). The van der Waals surface area contributed by atoms with Crippen molar-refractivity contribution in [2.45, 2.75) is 11.7 Å². The van der Waals surface area contributed by atoms with E-state index in [1.165, 1.54) is 18.9 Å². The van der Waals surface area contributed by atoms with Crippen molar-refractivity contribution < 1.29 is 9.53 Å². The molecule has 0 bridgehead atoms. The van der Waals surface area contributed by atoms with E-state index in [0.717, 1.165) is 0 Å². The van der Waals surface area contributed by atoms with Crippen LogP contribution < -0.4 is 5.73 Å². The topological polar surface area (TPSA) is 95.9 Å². The van der Waals surface area contributed by atoms with E-state index in [0.29, 0.717) is 18.2 Å². The fourth-order valence-corrected chi connectivity index (χ4v) is 1.48. The summed E-state index contributed by atoms with van der Waals surface area (Å²) >= 11 is 1.22. The van der Waals surface area contributed by atoms with Gasteiger partial charge in [-0.2, -0.15) is 0 Å². The number of hydrogen-bond acceptors (Lipinski definition) is 7. The van der Waals surface area contributed by atoms with Gasteiger partial charge in [0, 0.05) is 6.54 Å². The van der Waals surface area contributed by atoms with Crippen LogP contribution in [0.25, 0.3) is 0 Å². The van der Waals surface area contributed by atoms with Gasteiger partial charge in [0.15, 0.2) is 0 Å². The number of nitrogens with two attached hydrogens (primary N) is 1. The molecular weight excluding hydrogens is 206 g/mol. The van der Waals surface area contributed by atoms with E-state index in [1.807, 2.05) is 0 Å². The van der Waals surface area contributed by atoms with Gasteiger partial charge in [-0.05, 0) is 10.4 Å². The zero-order valence-corrected chi connectivity index (χ0v) is 8.53. The first-order valence-corrected chi connectivity index (χ1v) is 4.92. The SMILES string of the molecule is COC(=O)CSc1nnnn1CCN. The molecule has 1 aromatic rings. The van der Waals surface area contributed by atoms with Crippen molar-refractivity contribution in [3.8, 4) is 0 Å². The molecule has 8 heteroatoms. The maximum atomic E-state index is 10.8. The average Bonchev–Trinajstić information content (AvgIpc) is 2.62. The van der Waals surface area contributed by atoms with Crippen LogP contribution in [0.15, 0.2) is 5.16 Å². The Labute approximate surface area is 85.0 Å². The van der Waals surface area contributed by atoms with E-state index in [4.69, 9.17) is 5.73 Å². The van der Waals surface area contributed by atoms with Crippen LogP contribution in [0.3, 0.4) is 0 Å². The van der Waals surface area contributed by atoms with E-state index < -0.39 is 0 Å². The van der Waals surface area contributed by atoms with Crippen LogP contribution in [-0.2, 0) is 16.1 Å². The van der Waals surface area contributed by atoms with E-state index >= 15 is 0 Å². The van der Waals surface area contributed by atoms with Crippen LogP contribution in [0, 0.1) is 0 Å². The fourth-order valence-electron chi connectivity index (χ4n) is 0.745. The minimum absolute atomic E-state index is 0.196. The minimum atomic E-state index is -0.308. The first-order chi connectivity index (χ1) is 6.77. The highest BCUT2D eigenvalue weighted by atomic mass is 32.2. The monoisotopic (exact) mass is 217 g/mol. The molecule has 1 heterocycles. The first-order valence-electron chi connectivity index (χ1n) is 3.93. The number of methoxy groups -OCH3 is 1. The third-order valence-electron chi connectivity index (χ3n) is 1.39. The summed E-state index contributed by atoms with van der Waals surface area (Å²) < 4.78 is 6.04. The van der Waals surface area contributed by atoms with Gasteiger partial charge in [-0.3, -0.25) is 4.79 Å². The Hall–Kier alpha value is -1.15. The number of ether oxygens (including phenoxy) is 1. The van der Waals surface area contributed by atoms with Crippen LogP contribution in [0.2, 0.25) is 0 Å². The number of carbonyl (C=O) groups is 1. The smallest absolute Gasteiger partial charge is 0.316 e. The van der Waals surface area contributed by atoms with Crippen LogP contribution in [-0.4, -0.2) is 45.6 Å². The van der Waals surface area contributed by atoms with E-state index in [1.54, 1.807) is 4.68 Å². The van der Waals surface area contributed by atoms with E-state index in [-0.39, 0.29) is 11.7 Å². The Balaban J connectivity index is 2.49. The molecule has 2 N–H and O–H groups in total. The zero-order chi connectivity index (χ0) is 10.4. The van der Waals surface area contributed by atoms with Crippen LogP contribution in [0.5, 0.6) is 0 Å². The number of hydrogen-bond donors (Lipinski definition) is 1. The molecule has 14 heavy (non-hydrogen) atoms. The number of esters is 1. The average molecular weight is 217 g/mol. The summed E-state index contributed by atoms with van der Waals surface area (Å²) in [5.41, 5.74) is 5.35. The Kier molecular flexibility index (Phi) is 4.33. The lowest BCUT2D eigenvalue weighted by molar-refractivity contribution is -0.137. The highest BCUT2D eigenvalue weighted by molar-refractivity contribution is 7.99. The maximum Gasteiger partial charge on any atom is 0.316 e. The molecule has 0 aliphatic heterocycles. The van der Waals surface area contributed by atoms with Gasteiger partial charge in [-0.1, -0.05) is 11.8 Å². The van der Waals surface area contributed by atoms with Crippen molar-refractivity contribution in [2.24, 2.45) is 5.73 Å². The molecule has 78 valence electrons. The van der Waals surface area contributed by atoms with Gasteiger partial charge in [-0.25, -0.2) is 4.68 Å². The van der Waals surface area contributed by atoms with Gasteiger partial charge in [0.2, 0.25) is 5.16 Å². The molecule has 1 aromatic heterocycles. The Morgan fingerprint density at radius 1 is 1.71 bits per heavy atom. The molecule has 0 fully saturated rings. The standard InChI is InChI=1S/C6H11N5O2S/c1-13-5(12)4-14-6-8-9-10-11(6)3-2-7/h2-4,7H2,1H3. The molecule has 7 nitrogen and oxygen atoms in total. The molecule has 0 amide bonds. The summed E-state index contributed by atoms with van der Waals surface area (Å²) in [4.78, 5) is 10.8. The molecule has 0 atom stereocenters. The zero-order valence-electron chi connectivity index (χ0n) is 7.71. The quantitative estimate of drug-likeness (QED) is 0.493. The second kappa shape index (κ2) is 5.55. The number of nitrogens with zero attached hydrogens (tertiary/aromatic N) is 4. The summed E-state index contributed by atoms with van der Waals surface area (Å²) in [6.45, 7) is 0.993. The number of aromatic nitrogens is 4. The largest absolute Gasteiger partial charge is 0.468 e. The second-order valence-electron chi connectivity index (χ2n) is 2.34. The lowest BCUT2D eigenvalue weighted by atomic mass is 10.7. The van der Waals surface area contributed by atoms with Gasteiger partial charge in [-0.15, -0.1) is 5.10 Å². The molecule has 0 spiro atoms. The van der Waals surface area contributed by atoms with Crippen molar-refractivity contribution in [3.63, 3.8) is 0 Å². The molecular formula is C6H11N5O2S. The van der Waals surface area contributed by atoms with Gasteiger partial charge in [0.1, 0.15) is 0 Å². The van der Waals surface area contributed by atoms with Gasteiger partial charge in [0.05, 0.1) is 19.4 Å². The lowest BCUT2D eigenvalue weighted by Crippen LogP contribution is -2.13. The summed E-state index contributed by atoms with van der Waals surface area (Å²) in [6.07, 6.45) is 0. The summed E-state index contributed by atoms with van der Waals surface area (Å²) in [6, 6.07) is 0. The molecule has 0 unspecified atom stereocenters. The number of rotatable bonds is 5. The lowest BCUT2D eigenvalue weighted by Gasteiger charge is -2.00. The normalized spacial score (nSPS) is 10.1. The predicted molar refractivity (Wildman–Crippen MR) is 49.6 cm³/mol. The van der Waals surface area contributed by atoms with Gasteiger partial charge >= 0.3 is 5.97 Å². The van der Waals surface area contributed by atoms with E-state index in [9.17, 15) is 4.79 Å². The molecule has 0 aromatic carbocycles. The highest BCUT2D eigenvalue weighted by Gasteiger charge is 2.08. The molecule has 0 radical (unpaired) electrons. The van der Waals surface area contributed by atoms with Crippen molar-refractivity contribution >= 4 is 17.7 Å². The first kappa shape index (κ1) is 10.9. The summed E-state index contributed by atoms with van der Waals surface area (Å²) in [5, 5.41) is 11.5. The highest BCUT2D eigenvalue weighted by Crippen LogP contribution is 2.12. The second-order valence-corrected chi connectivity index (χ2v) is 3.28. The van der Waals surface area contributed by atoms with Crippen LogP contribution in [0.4, 0.5) is 0 Å². The van der Waals surface area contributed by atoms with E-state index in [2.05, 4.69) is 20.3 Å². The van der Waals surface area contributed by atoms with Crippen molar-refractivity contribution in [3.05, 3.63) is 0 Å². The van der Waals surface area contributed by atoms with Crippen molar-refractivity contribution in [2.75, 3.05) is 19.4 Å². The van der Waals surface area contributed by atoms with Crippen molar-refractivity contribution in [1.82, 2.24) is 20.2 Å². The number of carbonyl (C=O) groups excluding carboxylic acids is 1. The minimum Gasteiger partial charge on any atom is -0.468 e. The maximum absolute atomic E-state index is 10.8.